The van der Waals surface area contributed by atoms with Gasteiger partial charge < -0.3 is 4.74 Å². The molecule has 0 saturated heterocycles. The molecule has 2 aromatic carbocycles. The standard InChI is InChI=1S/C14H14N2O5S/c1-2-21-13-9-5-3-7-11(13)15-22(19,20)14-10-6-4-8-12(14)16(17)18/h3-10,15H,2H2,1H3. The number of sulfonamides is 1. The molecule has 0 aliphatic heterocycles. The van der Waals surface area contributed by atoms with Gasteiger partial charge in [0.05, 0.1) is 17.2 Å². The summed E-state index contributed by atoms with van der Waals surface area (Å²) in [4.78, 5) is 9.85. The molecule has 0 unspecified atom stereocenters. The Balaban J connectivity index is 2.43. The minimum absolute atomic E-state index is 0.225. The van der Waals surface area contributed by atoms with E-state index in [0.29, 0.717) is 12.4 Å². The summed E-state index contributed by atoms with van der Waals surface area (Å²) in [6.45, 7) is 2.14. The first kappa shape index (κ1) is 15.8. The molecular formula is C14H14N2O5S. The van der Waals surface area contributed by atoms with Gasteiger partial charge in [-0.2, -0.15) is 0 Å². The molecular weight excluding hydrogens is 308 g/mol. The molecule has 0 radical (unpaired) electrons. The number of nitrogens with one attached hydrogen (secondary N) is 1. The van der Waals surface area contributed by atoms with Crippen molar-refractivity contribution >= 4 is 21.4 Å². The van der Waals surface area contributed by atoms with Gasteiger partial charge in [-0.05, 0) is 25.1 Å². The summed E-state index contributed by atoms with van der Waals surface area (Å²) in [5.74, 6) is 0.354. The molecule has 0 aliphatic carbocycles. The third kappa shape index (κ3) is 3.34. The van der Waals surface area contributed by atoms with E-state index in [0.717, 1.165) is 6.07 Å². The number of ether oxygens (including phenoxy) is 1. The Kier molecular flexibility index (Phi) is 4.62. The van der Waals surface area contributed by atoms with Crippen molar-refractivity contribution in [1.29, 1.82) is 0 Å². The van der Waals surface area contributed by atoms with Crippen LogP contribution in [0, 0.1) is 10.1 Å². The second-order valence-electron chi connectivity index (χ2n) is 4.26. The second-order valence-corrected chi connectivity index (χ2v) is 5.91. The van der Waals surface area contributed by atoms with Crippen molar-refractivity contribution in [3.63, 3.8) is 0 Å². The van der Waals surface area contributed by atoms with Crippen molar-refractivity contribution in [2.45, 2.75) is 11.8 Å². The van der Waals surface area contributed by atoms with E-state index in [1.165, 1.54) is 24.3 Å². The number of benzene rings is 2. The molecule has 0 atom stereocenters. The number of nitro groups is 1. The number of hydrogen-bond donors (Lipinski definition) is 1. The van der Waals surface area contributed by atoms with Crippen molar-refractivity contribution in [1.82, 2.24) is 0 Å². The molecule has 0 spiro atoms. The van der Waals surface area contributed by atoms with Gasteiger partial charge >= 0.3 is 0 Å². The summed E-state index contributed by atoms with van der Waals surface area (Å²) in [7, 11) is -4.10. The van der Waals surface area contributed by atoms with Crippen LogP contribution in [0.25, 0.3) is 0 Å². The van der Waals surface area contributed by atoms with Gasteiger partial charge in [0.2, 0.25) is 0 Å². The van der Waals surface area contributed by atoms with E-state index in [1.54, 1.807) is 25.1 Å². The maximum atomic E-state index is 12.4. The van der Waals surface area contributed by atoms with Crippen LogP contribution in [-0.4, -0.2) is 19.9 Å². The highest BCUT2D eigenvalue weighted by atomic mass is 32.2. The van der Waals surface area contributed by atoms with E-state index in [9.17, 15) is 18.5 Å². The average molecular weight is 322 g/mol. The molecule has 22 heavy (non-hydrogen) atoms. The fourth-order valence-electron chi connectivity index (χ4n) is 1.87. The summed E-state index contributed by atoms with van der Waals surface area (Å²) in [6, 6.07) is 11.6. The number of hydrogen-bond acceptors (Lipinski definition) is 5. The van der Waals surface area contributed by atoms with Crippen LogP contribution in [0.4, 0.5) is 11.4 Å². The van der Waals surface area contributed by atoms with E-state index in [4.69, 9.17) is 4.74 Å². The number of nitrogens with zero attached hydrogens (tertiary/aromatic N) is 1. The van der Waals surface area contributed by atoms with Gasteiger partial charge in [0.15, 0.2) is 4.90 Å². The normalized spacial score (nSPS) is 11.0. The highest BCUT2D eigenvalue weighted by Gasteiger charge is 2.25. The van der Waals surface area contributed by atoms with Gasteiger partial charge in [-0.3, -0.25) is 14.8 Å². The lowest BCUT2D eigenvalue weighted by Gasteiger charge is -2.12. The zero-order chi connectivity index (χ0) is 16.2. The number of rotatable bonds is 6. The van der Waals surface area contributed by atoms with Crippen molar-refractivity contribution < 1.29 is 18.1 Å². The van der Waals surface area contributed by atoms with Crippen LogP contribution in [0.2, 0.25) is 0 Å². The topological polar surface area (TPSA) is 98.5 Å². The number of nitro benzene ring substituents is 1. The fourth-order valence-corrected chi connectivity index (χ4v) is 3.11. The van der Waals surface area contributed by atoms with Gasteiger partial charge in [0, 0.05) is 6.07 Å². The fraction of sp³-hybridized carbons (Fsp3) is 0.143. The quantitative estimate of drug-likeness (QED) is 0.651. The lowest BCUT2D eigenvalue weighted by atomic mass is 10.3. The van der Waals surface area contributed by atoms with Crippen LogP contribution in [0.15, 0.2) is 53.4 Å². The van der Waals surface area contributed by atoms with Crippen molar-refractivity contribution in [3.05, 3.63) is 58.6 Å². The van der Waals surface area contributed by atoms with Crippen LogP contribution < -0.4 is 9.46 Å². The molecule has 0 aliphatic rings. The summed E-state index contributed by atoms with van der Waals surface area (Å²) in [5, 5.41) is 11.0. The predicted molar refractivity (Wildman–Crippen MR) is 81.5 cm³/mol. The molecule has 0 saturated carbocycles. The monoisotopic (exact) mass is 322 g/mol. The first-order chi connectivity index (χ1) is 10.5. The molecule has 0 aromatic heterocycles. The highest BCUT2D eigenvalue weighted by Crippen LogP contribution is 2.29. The van der Waals surface area contributed by atoms with Gasteiger partial charge in [-0.1, -0.05) is 24.3 Å². The van der Waals surface area contributed by atoms with E-state index in [1.807, 2.05) is 0 Å². The molecule has 1 N–H and O–H groups in total. The Labute approximate surface area is 127 Å². The second kappa shape index (κ2) is 6.44. The van der Waals surface area contributed by atoms with Crippen LogP contribution >= 0.6 is 0 Å². The van der Waals surface area contributed by atoms with E-state index >= 15 is 0 Å². The first-order valence-corrected chi connectivity index (χ1v) is 7.92. The molecule has 0 bridgehead atoms. The molecule has 0 fully saturated rings. The van der Waals surface area contributed by atoms with Crippen molar-refractivity contribution in [3.8, 4) is 5.75 Å². The van der Waals surface area contributed by atoms with Gasteiger partial charge in [0.25, 0.3) is 15.7 Å². The molecule has 0 amide bonds. The highest BCUT2D eigenvalue weighted by molar-refractivity contribution is 7.92. The maximum Gasteiger partial charge on any atom is 0.289 e. The summed E-state index contributed by atoms with van der Waals surface area (Å²) in [5.41, 5.74) is -0.258. The molecule has 7 nitrogen and oxygen atoms in total. The van der Waals surface area contributed by atoms with Gasteiger partial charge in [-0.25, -0.2) is 8.42 Å². The van der Waals surface area contributed by atoms with Crippen LogP contribution in [-0.2, 0) is 10.0 Å². The zero-order valence-electron chi connectivity index (χ0n) is 11.7. The average Bonchev–Trinajstić information content (AvgIpc) is 2.49. The third-order valence-electron chi connectivity index (χ3n) is 2.78. The Hall–Kier alpha value is -2.61. The van der Waals surface area contributed by atoms with Crippen molar-refractivity contribution in [2.75, 3.05) is 11.3 Å². The smallest absolute Gasteiger partial charge is 0.289 e. The SMILES string of the molecule is CCOc1ccccc1NS(=O)(=O)c1ccccc1[N+](=O)[O-]. The molecule has 0 heterocycles. The van der Waals surface area contributed by atoms with E-state index < -0.39 is 25.5 Å². The first-order valence-electron chi connectivity index (χ1n) is 6.43. The number of anilines is 1. The summed E-state index contributed by atoms with van der Waals surface area (Å²) >= 11 is 0. The Bertz CT molecular complexity index is 789. The largest absolute Gasteiger partial charge is 0.492 e. The molecule has 116 valence electrons. The minimum Gasteiger partial charge on any atom is -0.492 e. The summed E-state index contributed by atoms with van der Waals surface area (Å²) in [6.07, 6.45) is 0. The predicted octanol–water partition coefficient (Wildman–Crippen LogP) is 2.79. The Morgan fingerprint density at radius 2 is 1.77 bits per heavy atom. The third-order valence-corrected chi connectivity index (χ3v) is 4.20. The Morgan fingerprint density at radius 3 is 2.45 bits per heavy atom. The lowest BCUT2D eigenvalue weighted by molar-refractivity contribution is -0.387. The lowest BCUT2D eigenvalue weighted by Crippen LogP contribution is -2.15. The van der Waals surface area contributed by atoms with Crippen LogP contribution in [0.5, 0.6) is 5.75 Å². The number of para-hydroxylation sites is 3. The van der Waals surface area contributed by atoms with Crippen molar-refractivity contribution in [2.24, 2.45) is 0 Å². The molecule has 2 aromatic rings. The van der Waals surface area contributed by atoms with E-state index in [2.05, 4.69) is 4.72 Å². The van der Waals surface area contributed by atoms with Gasteiger partial charge in [0.1, 0.15) is 5.75 Å². The molecule has 2 rings (SSSR count). The minimum atomic E-state index is -4.10. The maximum absolute atomic E-state index is 12.4. The zero-order valence-corrected chi connectivity index (χ0v) is 12.5. The van der Waals surface area contributed by atoms with Gasteiger partial charge in [-0.15, -0.1) is 0 Å². The summed E-state index contributed by atoms with van der Waals surface area (Å²) < 4.78 is 32.5. The van der Waals surface area contributed by atoms with E-state index in [-0.39, 0.29) is 5.69 Å². The van der Waals surface area contributed by atoms with Crippen LogP contribution in [0.1, 0.15) is 6.92 Å². The molecule has 8 heteroatoms. The Morgan fingerprint density at radius 1 is 1.14 bits per heavy atom. The van der Waals surface area contributed by atoms with Crippen LogP contribution in [0.3, 0.4) is 0 Å².